The minimum absolute atomic E-state index is 0.729. The first-order valence-corrected chi connectivity index (χ1v) is 5.19. The number of nitrogens with zero attached hydrogens (tertiary/aromatic N) is 2. The van der Waals surface area contributed by atoms with E-state index in [4.69, 9.17) is 5.73 Å². The van der Waals surface area contributed by atoms with E-state index in [1.54, 1.807) is 6.20 Å². The second-order valence-corrected chi connectivity index (χ2v) is 3.45. The first-order valence-electron chi connectivity index (χ1n) is 5.19. The number of nitrogen functional groups attached to an aromatic ring is 1. The quantitative estimate of drug-likeness (QED) is 0.776. The summed E-state index contributed by atoms with van der Waals surface area (Å²) in [6.07, 6.45) is 2.90. The van der Waals surface area contributed by atoms with Crippen LogP contribution in [0.4, 0.5) is 5.69 Å². The Kier molecular flexibility index (Phi) is 4.40. The van der Waals surface area contributed by atoms with Gasteiger partial charge in [-0.05, 0) is 31.6 Å². The molecule has 0 spiro atoms. The predicted octanol–water partition coefficient (Wildman–Crippen LogP) is 1.90. The molecular formula is C11H19N3. The highest BCUT2D eigenvalue weighted by Crippen LogP contribution is 2.04. The summed E-state index contributed by atoms with van der Waals surface area (Å²) in [5, 5.41) is 0. The fraction of sp³-hybridized carbons (Fsp3) is 0.545. The Morgan fingerprint density at radius 2 is 2.14 bits per heavy atom. The molecule has 0 saturated heterocycles. The SMILES string of the molecule is CCCN(CC)Cc1ccc(N)cn1. The number of nitrogens with two attached hydrogens (primary N) is 1. The number of rotatable bonds is 5. The lowest BCUT2D eigenvalue weighted by molar-refractivity contribution is 0.277. The first-order chi connectivity index (χ1) is 6.76. The second-order valence-electron chi connectivity index (χ2n) is 3.45. The van der Waals surface area contributed by atoms with Crippen molar-refractivity contribution in [2.75, 3.05) is 18.8 Å². The topological polar surface area (TPSA) is 42.1 Å². The van der Waals surface area contributed by atoms with Gasteiger partial charge in [-0.25, -0.2) is 0 Å². The molecule has 0 aliphatic rings. The molecule has 0 unspecified atom stereocenters. The van der Waals surface area contributed by atoms with Crippen LogP contribution in [0.2, 0.25) is 0 Å². The van der Waals surface area contributed by atoms with Gasteiger partial charge in [0.1, 0.15) is 0 Å². The number of pyridine rings is 1. The Morgan fingerprint density at radius 3 is 2.64 bits per heavy atom. The van der Waals surface area contributed by atoms with Crippen molar-refractivity contribution in [2.45, 2.75) is 26.8 Å². The van der Waals surface area contributed by atoms with E-state index in [2.05, 4.69) is 23.7 Å². The van der Waals surface area contributed by atoms with Crippen LogP contribution in [0, 0.1) is 0 Å². The third-order valence-electron chi connectivity index (χ3n) is 2.22. The predicted molar refractivity (Wildman–Crippen MR) is 59.9 cm³/mol. The van der Waals surface area contributed by atoms with Crippen LogP contribution in [0.25, 0.3) is 0 Å². The minimum atomic E-state index is 0.729. The zero-order chi connectivity index (χ0) is 10.4. The molecule has 0 fully saturated rings. The van der Waals surface area contributed by atoms with E-state index >= 15 is 0 Å². The average molecular weight is 193 g/mol. The molecule has 1 heterocycles. The van der Waals surface area contributed by atoms with E-state index in [1.807, 2.05) is 12.1 Å². The molecule has 0 radical (unpaired) electrons. The highest BCUT2D eigenvalue weighted by Gasteiger charge is 2.02. The van der Waals surface area contributed by atoms with E-state index in [-0.39, 0.29) is 0 Å². The van der Waals surface area contributed by atoms with Crippen LogP contribution in [0.5, 0.6) is 0 Å². The number of hydrogen-bond acceptors (Lipinski definition) is 3. The summed E-state index contributed by atoms with van der Waals surface area (Å²) in [5.74, 6) is 0. The molecule has 1 rings (SSSR count). The smallest absolute Gasteiger partial charge is 0.0545 e. The van der Waals surface area contributed by atoms with Crippen molar-refractivity contribution in [3.05, 3.63) is 24.0 Å². The Morgan fingerprint density at radius 1 is 1.36 bits per heavy atom. The zero-order valence-corrected chi connectivity index (χ0v) is 9.03. The van der Waals surface area contributed by atoms with Gasteiger partial charge in [-0.15, -0.1) is 0 Å². The van der Waals surface area contributed by atoms with Crippen LogP contribution < -0.4 is 5.73 Å². The summed E-state index contributed by atoms with van der Waals surface area (Å²) in [4.78, 5) is 6.66. The summed E-state index contributed by atoms with van der Waals surface area (Å²) in [6, 6.07) is 3.90. The molecule has 0 saturated carbocycles. The number of hydrogen-bond donors (Lipinski definition) is 1. The summed E-state index contributed by atoms with van der Waals surface area (Å²) in [7, 11) is 0. The number of anilines is 1. The van der Waals surface area contributed by atoms with Crippen molar-refractivity contribution in [3.63, 3.8) is 0 Å². The molecular weight excluding hydrogens is 174 g/mol. The fourth-order valence-corrected chi connectivity index (χ4v) is 1.42. The van der Waals surface area contributed by atoms with Gasteiger partial charge < -0.3 is 5.73 Å². The monoisotopic (exact) mass is 193 g/mol. The van der Waals surface area contributed by atoms with Crippen molar-refractivity contribution in [1.29, 1.82) is 0 Å². The van der Waals surface area contributed by atoms with Crippen molar-refractivity contribution in [3.8, 4) is 0 Å². The summed E-state index contributed by atoms with van der Waals surface area (Å²) >= 11 is 0. The molecule has 78 valence electrons. The molecule has 0 aliphatic carbocycles. The third kappa shape index (κ3) is 3.34. The van der Waals surface area contributed by atoms with Gasteiger partial charge in [0, 0.05) is 6.54 Å². The largest absolute Gasteiger partial charge is 0.397 e. The van der Waals surface area contributed by atoms with Gasteiger partial charge in [-0.3, -0.25) is 9.88 Å². The van der Waals surface area contributed by atoms with Gasteiger partial charge in [0.25, 0.3) is 0 Å². The zero-order valence-electron chi connectivity index (χ0n) is 9.03. The first kappa shape index (κ1) is 11.0. The number of aromatic nitrogens is 1. The van der Waals surface area contributed by atoms with Gasteiger partial charge in [-0.1, -0.05) is 13.8 Å². The summed E-state index contributed by atoms with van der Waals surface area (Å²) < 4.78 is 0. The summed E-state index contributed by atoms with van der Waals surface area (Å²) in [5.41, 5.74) is 7.39. The Labute approximate surface area is 85.9 Å². The van der Waals surface area contributed by atoms with Crippen LogP contribution in [0.1, 0.15) is 26.0 Å². The fourth-order valence-electron chi connectivity index (χ4n) is 1.42. The second kappa shape index (κ2) is 5.60. The Bertz CT molecular complexity index is 256. The maximum absolute atomic E-state index is 5.57. The third-order valence-corrected chi connectivity index (χ3v) is 2.22. The molecule has 1 aromatic heterocycles. The highest BCUT2D eigenvalue weighted by atomic mass is 15.1. The van der Waals surface area contributed by atoms with Crippen LogP contribution >= 0.6 is 0 Å². The van der Waals surface area contributed by atoms with Crippen LogP contribution in [0.15, 0.2) is 18.3 Å². The standard InChI is InChI=1S/C11H19N3/c1-3-7-14(4-2)9-11-6-5-10(12)8-13-11/h5-6,8H,3-4,7,9,12H2,1-2H3. The molecule has 1 aromatic rings. The summed E-state index contributed by atoms with van der Waals surface area (Å²) in [6.45, 7) is 7.49. The molecule has 0 aromatic carbocycles. The molecule has 2 N–H and O–H groups in total. The van der Waals surface area contributed by atoms with Crippen molar-refractivity contribution in [2.24, 2.45) is 0 Å². The van der Waals surface area contributed by atoms with Gasteiger partial charge >= 0.3 is 0 Å². The Hall–Kier alpha value is -1.09. The van der Waals surface area contributed by atoms with Crippen molar-refractivity contribution < 1.29 is 0 Å². The van der Waals surface area contributed by atoms with Gasteiger partial charge in [0.15, 0.2) is 0 Å². The normalized spacial score (nSPS) is 10.8. The lowest BCUT2D eigenvalue weighted by Gasteiger charge is -2.18. The molecule has 0 atom stereocenters. The van der Waals surface area contributed by atoms with Gasteiger partial charge in [0.2, 0.25) is 0 Å². The maximum Gasteiger partial charge on any atom is 0.0545 e. The molecule has 14 heavy (non-hydrogen) atoms. The van der Waals surface area contributed by atoms with Crippen LogP contribution in [-0.4, -0.2) is 23.0 Å². The average Bonchev–Trinajstić information content (AvgIpc) is 2.20. The Balaban J connectivity index is 2.53. The lowest BCUT2D eigenvalue weighted by atomic mass is 10.3. The van der Waals surface area contributed by atoms with Gasteiger partial charge in [-0.2, -0.15) is 0 Å². The van der Waals surface area contributed by atoms with E-state index in [1.165, 1.54) is 6.42 Å². The van der Waals surface area contributed by atoms with E-state index in [9.17, 15) is 0 Å². The van der Waals surface area contributed by atoms with E-state index < -0.39 is 0 Å². The molecule has 0 amide bonds. The van der Waals surface area contributed by atoms with Crippen molar-refractivity contribution >= 4 is 5.69 Å². The van der Waals surface area contributed by atoms with Gasteiger partial charge in [0.05, 0.1) is 17.6 Å². The highest BCUT2D eigenvalue weighted by molar-refractivity contribution is 5.34. The molecule has 0 bridgehead atoms. The van der Waals surface area contributed by atoms with E-state index in [0.29, 0.717) is 0 Å². The van der Waals surface area contributed by atoms with Crippen LogP contribution in [-0.2, 0) is 6.54 Å². The molecule has 3 nitrogen and oxygen atoms in total. The van der Waals surface area contributed by atoms with E-state index in [0.717, 1.165) is 31.0 Å². The van der Waals surface area contributed by atoms with Crippen LogP contribution in [0.3, 0.4) is 0 Å². The van der Waals surface area contributed by atoms with Crippen molar-refractivity contribution in [1.82, 2.24) is 9.88 Å². The lowest BCUT2D eigenvalue weighted by Crippen LogP contribution is -2.24. The molecule has 0 aliphatic heterocycles. The maximum atomic E-state index is 5.57. The molecule has 3 heteroatoms. The minimum Gasteiger partial charge on any atom is -0.397 e.